The predicted molar refractivity (Wildman–Crippen MR) is 90.1 cm³/mol. The Balaban J connectivity index is 2.05. The fraction of sp³-hybridized carbons (Fsp3) is 0.167. The number of fused-ring (bicyclic) bond motifs is 1. The van der Waals surface area contributed by atoms with Gasteiger partial charge in [0.25, 0.3) is 5.91 Å². The summed E-state index contributed by atoms with van der Waals surface area (Å²) >= 11 is 0. The molecule has 0 saturated heterocycles. The van der Waals surface area contributed by atoms with Crippen LogP contribution in [-0.2, 0) is 6.61 Å². The molecular formula is C18H16N2O4. The Bertz CT molecular complexity index is 975. The topological polar surface area (TPSA) is 92.4 Å². The molecule has 3 aromatic rings. The molecule has 0 bridgehead atoms. The first kappa shape index (κ1) is 15.9. The van der Waals surface area contributed by atoms with E-state index >= 15 is 0 Å². The average molecular weight is 324 g/mol. The lowest BCUT2D eigenvalue weighted by molar-refractivity contribution is 0.102. The lowest BCUT2D eigenvalue weighted by Crippen LogP contribution is -2.21. The Labute approximate surface area is 137 Å². The number of carbonyl (C=O) groups is 1. The van der Waals surface area contributed by atoms with Crippen LogP contribution in [0.4, 0.5) is 5.69 Å². The van der Waals surface area contributed by atoms with Crippen molar-refractivity contribution in [3.05, 3.63) is 69.3 Å². The number of carbonyl (C=O) groups excluding carboxylic acids is 1. The SMILES string of the molecule is Cc1ccc(NC(=O)c2cc3c(CO)cnc(C)c3oc2=O)cc1. The fourth-order valence-electron chi connectivity index (χ4n) is 2.40. The van der Waals surface area contributed by atoms with E-state index in [4.69, 9.17) is 4.42 Å². The maximum atomic E-state index is 12.4. The summed E-state index contributed by atoms with van der Waals surface area (Å²) in [4.78, 5) is 28.6. The van der Waals surface area contributed by atoms with E-state index in [1.807, 2.05) is 19.1 Å². The van der Waals surface area contributed by atoms with Gasteiger partial charge in [-0.3, -0.25) is 9.78 Å². The highest BCUT2D eigenvalue weighted by atomic mass is 16.4. The minimum Gasteiger partial charge on any atom is -0.420 e. The molecule has 6 nitrogen and oxygen atoms in total. The summed E-state index contributed by atoms with van der Waals surface area (Å²) in [6.07, 6.45) is 1.50. The Morgan fingerprint density at radius 1 is 1.25 bits per heavy atom. The number of benzene rings is 1. The standard InChI is InChI=1S/C18H16N2O4/c1-10-3-5-13(6-4-10)20-17(22)15-7-14-12(9-21)8-19-11(2)16(14)24-18(15)23/h3-8,21H,9H2,1-2H3,(H,20,22). The highest BCUT2D eigenvalue weighted by Gasteiger charge is 2.17. The molecule has 24 heavy (non-hydrogen) atoms. The number of aliphatic hydroxyl groups is 1. The van der Waals surface area contributed by atoms with Gasteiger partial charge in [-0.25, -0.2) is 4.79 Å². The van der Waals surface area contributed by atoms with Crippen LogP contribution in [0.25, 0.3) is 11.0 Å². The number of nitrogens with zero attached hydrogens (tertiary/aromatic N) is 1. The molecular weight excluding hydrogens is 308 g/mol. The van der Waals surface area contributed by atoms with Crippen molar-refractivity contribution in [1.29, 1.82) is 0 Å². The number of aromatic nitrogens is 1. The smallest absolute Gasteiger partial charge is 0.349 e. The van der Waals surface area contributed by atoms with Crippen LogP contribution in [0, 0.1) is 13.8 Å². The minimum atomic E-state index is -0.743. The van der Waals surface area contributed by atoms with E-state index in [1.165, 1.54) is 12.3 Å². The van der Waals surface area contributed by atoms with Gasteiger partial charge in [-0.15, -0.1) is 0 Å². The molecule has 0 saturated carbocycles. The number of aryl methyl sites for hydroxylation is 2. The van der Waals surface area contributed by atoms with Crippen LogP contribution in [0.2, 0.25) is 0 Å². The third-order valence-corrected chi connectivity index (χ3v) is 3.76. The van der Waals surface area contributed by atoms with Crippen LogP contribution in [0.15, 0.2) is 45.7 Å². The van der Waals surface area contributed by atoms with Crippen molar-refractivity contribution >= 4 is 22.6 Å². The number of hydrogen-bond acceptors (Lipinski definition) is 5. The van der Waals surface area contributed by atoms with E-state index in [9.17, 15) is 14.7 Å². The van der Waals surface area contributed by atoms with E-state index < -0.39 is 11.5 Å². The zero-order valence-corrected chi connectivity index (χ0v) is 13.3. The van der Waals surface area contributed by atoms with Gasteiger partial charge >= 0.3 is 5.63 Å². The number of aliphatic hydroxyl groups excluding tert-OH is 1. The van der Waals surface area contributed by atoms with Crippen LogP contribution < -0.4 is 10.9 Å². The third kappa shape index (κ3) is 2.91. The fourth-order valence-corrected chi connectivity index (χ4v) is 2.40. The molecule has 0 unspecified atom stereocenters. The summed E-state index contributed by atoms with van der Waals surface area (Å²) in [7, 11) is 0. The molecule has 0 aliphatic heterocycles. The van der Waals surface area contributed by atoms with Gasteiger partial charge < -0.3 is 14.8 Å². The zero-order chi connectivity index (χ0) is 17.3. The lowest BCUT2D eigenvalue weighted by atomic mass is 10.1. The second-order valence-electron chi connectivity index (χ2n) is 5.54. The largest absolute Gasteiger partial charge is 0.420 e. The van der Waals surface area contributed by atoms with Crippen molar-refractivity contribution in [1.82, 2.24) is 4.98 Å². The van der Waals surface area contributed by atoms with Gasteiger partial charge in [-0.2, -0.15) is 0 Å². The van der Waals surface area contributed by atoms with E-state index in [0.717, 1.165) is 5.56 Å². The Kier molecular flexibility index (Phi) is 4.14. The number of pyridine rings is 1. The van der Waals surface area contributed by atoms with Crippen LogP contribution in [0.3, 0.4) is 0 Å². The Hall–Kier alpha value is -2.99. The summed E-state index contributed by atoms with van der Waals surface area (Å²) in [5, 5.41) is 12.6. The summed E-state index contributed by atoms with van der Waals surface area (Å²) in [5.41, 5.74) is 2.06. The molecule has 0 fully saturated rings. The summed E-state index contributed by atoms with van der Waals surface area (Å²) in [6.45, 7) is 3.37. The van der Waals surface area contributed by atoms with E-state index in [2.05, 4.69) is 10.3 Å². The van der Waals surface area contributed by atoms with Gasteiger partial charge in [0, 0.05) is 22.8 Å². The van der Waals surface area contributed by atoms with Gasteiger partial charge in [-0.05, 0) is 32.0 Å². The Morgan fingerprint density at radius 3 is 2.62 bits per heavy atom. The maximum Gasteiger partial charge on any atom is 0.349 e. The number of anilines is 1. The molecule has 2 N–H and O–H groups in total. The predicted octanol–water partition coefficient (Wildman–Crippen LogP) is 2.55. The van der Waals surface area contributed by atoms with Crippen LogP contribution in [0.1, 0.15) is 27.2 Å². The minimum absolute atomic E-state index is 0.122. The lowest BCUT2D eigenvalue weighted by Gasteiger charge is -2.08. The number of amides is 1. The highest BCUT2D eigenvalue weighted by molar-refractivity contribution is 6.05. The van der Waals surface area contributed by atoms with Gasteiger partial charge in [0.15, 0.2) is 5.58 Å². The molecule has 0 aliphatic carbocycles. The molecule has 6 heteroatoms. The first-order valence-corrected chi connectivity index (χ1v) is 7.41. The molecule has 0 aliphatic rings. The van der Waals surface area contributed by atoms with Crippen molar-refractivity contribution in [3.8, 4) is 0 Å². The first-order chi connectivity index (χ1) is 11.5. The normalized spacial score (nSPS) is 10.8. The van der Waals surface area contributed by atoms with Crippen LogP contribution >= 0.6 is 0 Å². The van der Waals surface area contributed by atoms with Crippen molar-refractivity contribution in [2.24, 2.45) is 0 Å². The Morgan fingerprint density at radius 2 is 1.96 bits per heavy atom. The maximum absolute atomic E-state index is 12.4. The summed E-state index contributed by atoms with van der Waals surface area (Å²) in [5.74, 6) is -0.562. The number of hydrogen-bond donors (Lipinski definition) is 2. The quantitative estimate of drug-likeness (QED) is 0.772. The zero-order valence-electron chi connectivity index (χ0n) is 13.3. The van der Waals surface area contributed by atoms with Gasteiger partial charge in [0.1, 0.15) is 5.56 Å². The first-order valence-electron chi connectivity index (χ1n) is 7.41. The van der Waals surface area contributed by atoms with E-state index in [-0.39, 0.29) is 17.8 Å². The molecule has 1 amide bonds. The molecule has 2 heterocycles. The molecule has 2 aromatic heterocycles. The molecule has 0 atom stereocenters. The molecule has 3 rings (SSSR count). The van der Waals surface area contributed by atoms with Gasteiger partial charge in [-0.1, -0.05) is 17.7 Å². The second-order valence-corrected chi connectivity index (χ2v) is 5.54. The van der Waals surface area contributed by atoms with Gasteiger partial charge in [0.2, 0.25) is 0 Å². The molecule has 122 valence electrons. The number of nitrogens with one attached hydrogen (secondary N) is 1. The van der Waals surface area contributed by atoms with Crippen molar-refractivity contribution in [2.45, 2.75) is 20.5 Å². The number of rotatable bonds is 3. The van der Waals surface area contributed by atoms with Crippen LogP contribution in [0.5, 0.6) is 0 Å². The van der Waals surface area contributed by atoms with Crippen molar-refractivity contribution in [2.75, 3.05) is 5.32 Å². The van der Waals surface area contributed by atoms with E-state index in [1.54, 1.807) is 19.1 Å². The molecule has 1 aromatic carbocycles. The molecule has 0 radical (unpaired) electrons. The van der Waals surface area contributed by atoms with Crippen molar-refractivity contribution in [3.63, 3.8) is 0 Å². The summed E-state index contributed by atoms with van der Waals surface area (Å²) in [6, 6.07) is 8.66. The van der Waals surface area contributed by atoms with E-state index in [0.29, 0.717) is 22.3 Å². The van der Waals surface area contributed by atoms with Gasteiger partial charge in [0.05, 0.1) is 12.3 Å². The monoisotopic (exact) mass is 324 g/mol. The average Bonchev–Trinajstić information content (AvgIpc) is 2.57. The third-order valence-electron chi connectivity index (χ3n) is 3.76. The molecule has 0 spiro atoms. The second kappa shape index (κ2) is 6.25. The van der Waals surface area contributed by atoms with Crippen molar-refractivity contribution < 1.29 is 14.3 Å². The summed E-state index contributed by atoms with van der Waals surface area (Å²) < 4.78 is 5.25. The van der Waals surface area contributed by atoms with Crippen LogP contribution in [-0.4, -0.2) is 16.0 Å². The highest BCUT2D eigenvalue weighted by Crippen LogP contribution is 2.21.